The Morgan fingerprint density at radius 2 is 2.12 bits per heavy atom. The molecule has 0 bridgehead atoms. The number of amides is 1. The van der Waals surface area contributed by atoms with E-state index in [-0.39, 0.29) is 47.6 Å². The van der Waals surface area contributed by atoms with Crippen LogP contribution in [0.5, 0.6) is 11.5 Å². The first-order valence-electron chi connectivity index (χ1n) is 7.81. The number of benzene rings is 1. The molecule has 2 heterocycles. The maximum absolute atomic E-state index is 12.8. The summed E-state index contributed by atoms with van der Waals surface area (Å²) in [6.45, 7) is 2.69. The normalized spacial score (nSPS) is 22.9. The topological polar surface area (TPSA) is 106 Å². The van der Waals surface area contributed by atoms with Gasteiger partial charge in [-0.05, 0) is 26.3 Å². The molecule has 0 radical (unpaired) electrons. The monoisotopic (exact) mass is 391 g/mol. The van der Waals surface area contributed by atoms with Crippen molar-refractivity contribution in [1.29, 1.82) is 0 Å². The maximum Gasteiger partial charge on any atom is 0.262 e. The van der Waals surface area contributed by atoms with Crippen molar-refractivity contribution in [3.63, 3.8) is 0 Å². The number of anilines is 1. The summed E-state index contributed by atoms with van der Waals surface area (Å²) in [7, 11) is -2.40. The van der Waals surface area contributed by atoms with Crippen molar-refractivity contribution < 1.29 is 22.7 Å². The van der Waals surface area contributed by atoms with E-state index in [1.54, 1.807) is 0 Å². The Morgan fingerprint density at radius 3 is 2.80 bits per heavy atom. The Kier molecular flexibility index (Phi) is 6.15. The fraction of sp³-hybridized carbons (Fsp3) is 0.533. The Hall–Kier alpha value is -1.55. The highest BCUT2D eigenvalue weighted by Gasteiger charge is 2.30. The predicted molar refractivity (Wildman–Crippen MR) is 95.2 cm³/mol. The van der Waals surface area contributed by atoms with Crippen molar-refractivity contribution in [2.45, 2.75) is 36.7 Å². The van der Waals surface area contributed by atoms with Crippen molar-refractivity contribution in [2.75, 3.05) is 25.6 Å². The van der Waals surface area contributed by atoms with E-state index in [9.17, 15) is 13.2 Å². The smallest absolute Gasteiger partial charge is 0.262 e. The molecule has 1 saturated heterocycles. The van der Waals surface area contributed by atoms with Crippen molar-refractivity contribution in [1.82, 2.24) is 10.0 Å². The molecule has 1 fully saturated rings. The summed E-state index contributed by atoms with van der Waals surface area (Å²) < 4.78 is 38.9. The second kappa shape index (κ2) is 7.77. The fourth-order valence-corrected chi connectivity index (χ4v) is 4.44. The summed E-state index contributed by atoms with van der Waals surface area (Å²) >= 11 is 0. The Balaban J connectivity index is 0.00000225. The van der Waals surface area contributed by atoms with Gasteiger partial charge in [-0.15, -0.1) is 12.4 Å². The van der Waals surface area contributed by atoms with Gasteiger partial charge in [0.05, 0.1) is 12.8 Å². The van der Waals surface area contributed by atoms with Crippen LogP contribution in [0.1, 0.15) is 19.8 Å². The number of hydrogen-bond donors (Lipinski definition) is 3. The van der Waals surface area contributed by atoms with Crippen molar-refractivity contribution in [3.05, 3.63) is 12.1 Å². The number of halogens is 1. The van der Waals surface area contributed by atoms with Gasteiger partial charge in [-0.25, -0.2) is 13.1 Å². The molecule has 2 aliphatic heterocycles. The van der Waals surface area contributed by atoms with Crippen LogP contribution in [-0.4, -0.2) is 46.7 Å². The Bertz CT molecular complexity index is 756. The molecule has 25 heavy (non-hydrogen) atoms. The summed E-state index contributed by atoms with van der Waals surface area (Å²) in [5.41, 5.74) is 0.398. The third-order valence-corrected chi connectivity index (χ3v) is 5.77. The number of nitrogens with one attached hydrogen (secondary N) is 3. The minimum Gasteiger partial charge on any atom is -0.495 e. The van der Waals surface area contributed by atoms with Crippen molar-refractivity contribution >= 4 is 34.0 Å². The first-order valence-corrected chi connectivity index (χ1v) is 9.29. The molecule has 1 amide bonds. The van der Waals surface area contributed by atoms with Gasteiger partial charge in [-0.2, -0.15) is 0 Å². The van der Waals surface area contributed by atoms with E-state index in [0.29, 0.717) is 11.4 Å². The lowest BCUT2D eigenvalue weighted by atomic mass is 10.0. The number of carbonyl (C=O) groups is 1. The number of sulfonamides is 1. The van der Waals surface area contributed by atoms with Crippen molar-refractivity contribution in [3.8, 4) is 11.5 Å². The van der Waals surface area contributed by atoms with E-state index in [0.717, 1.165) is 19.4 Å². The number of hydrogen-bond acceptors (Lipinski definition) is 6. The summed E-state index contributed by atoms with van der Waals surface area (Å²) in [4.78, 5) is 11.4. The average Bonchev–Trinajstić information content (AvgIpc) is 2.55. The molecule has 140 valence electrons. The molecule has 0 saturated carbocycles. The van der Waals surface area contributed by atoms with E-state index < -0.39 is 10.0 Å². The number of fused-ring (bicyclic) bond motifs is 1. The predicted octanol–water partition coefficient (Wildman–Crippen LogP) is 0.867. The Labute approximate surface area is 153 Å². The van der Waals surface area contributed by atoms with Gasteiger partial charge in [0.1, 0.15) is 16.4 Å². The molecule has 0 spiro atoms. The number of methoxy groups -OCH3 is 1. The van der Waals surface area contributed by atoms with Gasteiger partial charge in [0.2, 0.25) is 10.0 Å². The van der Waals surface area contributed by atoms with E-state index in [4.69, 9.17) is 9.47 Å². The van der Waals surface area contributed by atoms with Crippen LogP contribution in [0.4, 0.5) is 5.69 Å². The number of rotatable bonds is 4. The van der Waals surface area contributed by atoms with Crippen LogP contribution in [0.2, 0.25) is 0 Å². The molecule has 3 N–H and O–H groups in total. The first-order chi connectivity index (χ1) is 11.4. The summed E-state index contributed by atoms with van der Waals surface area (Å²) in [5, 5.41) is 5.89. The lowest BCUT2D eigenvalue weighted by Gasteiger charge is -2.30. The van der Waals surface area contributed by atoms with Crippen LogP contribution in [0, 0.1) is 0 Å². The minimum absolute atomic E-state index is 0. The van der Waals surface area contributed by atoms with Gasteiger partial charge in [-0.1, -0.05) is 0 Å². The van der Waals surface area contributed by atoms with E-state index in [2.05, 4.69) is 15.4 Å². The number of piperidine rings is 1. The van der Waals surface area contributed by atoms with Crippen LogP contribution in [0.15, 0.2) is 17.0 Å². The van der Waals surface area contributed by atoms with E-state index in [1.807, 2.05) is 6.92 Å². The zero-order valence-electron chi connectivity index (χ0n) is 14.0. The molecule has 0 aliphatic carbocycles. The SMILES string of the molecule is COc1cc2c(cc1S(=O)(=O)NC1CCCNC1C)OCC(=O)N2.Cl. The number of ether oxygens (including phenoxy) is 2. The van der Waals surface area contributed by atoms with Crippen LogP contribution in [0.25, 0.3) is 0 Å². The molecule has 2 unspecified atom stereocenters. The molecule has 1 aromatic rings. The van der Waals surface area contributed by atoms with E-state index >= 15 is 0 Å². The standard InChI is InChI=1S/C15H21N3O5S.ClH/c1-9-10(4-3-5-16-9)18-24(20,21)14-7-12-11(6-13(14)22-2)17-15(19)8-23-12;/h6-7,9-10,16,18H,3-5,8H2,1-2H3,(H,17,19);1H. The maximum atomic E-state index is 12.8. The average molecular weight is 392 g/mol. The lowest BCUT2D eigenvalue weighted by Crippen LogP contribution is -2.51. The minimum atomic E-state index is -3.79. The highest BCUT2D eigenvalue weighted by atomic mass is 35.5. The van der Waals surface area contributed by atoms with Crippen LogP contribution in [0.3, 0.4) is 0 Å². The third-order valence-electron chi connectivity index (χ3n) is 4.26. The Morgan fingerprint density at radius 1 is 1.36 bits per heavy atom. The zero-order valence-corrected chi connectivity index (χ0v) is 15.6. The first kappa shape index (κ1) is 19.8. The molecule has 8 nitrogen and oxygen atoms in total. The number of carbonyl (C=O) groups excluding carboxylic acids is 1. The molecule has 10 heteroatoms. The second-order valence-corrected chi connectivity index (χ2v) is 7.63. The van der Waals surface area contributed by atoms with Crippen LogP contribution >= 0.6 is 12.4 Å². The van der Waals surface area contributed by atoms with Gasteiger partial charge in [0.25, 0.3) is 5.91 Å². The van der Waals surface area contributed by atoms with Gasteiger partial charge in [-0.3, -0.25) is 4.79 Å². The molecule has 2 atom stereocenters. The summed E-state index contributed by atoms with van der Waals surface area (Å²) in [6.07, 6.45) is 1.68. The highest BCUT2D eigenvalue weighted by Crippen LogP contribution is 2.37. The molecule has 3 rings (SSSR count). The van der Waals surface area contributed by atoms with Gasteiger partial charge in [0, 0.05) is 24.2 Å². The third kappa shape index (κ3) is 4.17. The lowest BCUT2D eigenvalue weighted by molar-refractivity contribution is -0.118. The van der Waals surface area contributed by atoms with Crippen molar-refractivity contribution in [2.24, 2.45) is 0 Å². The summed E-state index contributed by atoms with van der Waals surface area (Å²) in [6, 6.07) is 2.71. The van der Waals surface area contributed by atoms with Crippen LogP contribution < -0.4 is 24.8 Å². The molecule has 1 aromatic carbocycles. The molecule has 0 aromatic heterocycles. The second-order valence-electron chi connectivity index (χ2n) is 5.95. The quantitative estimate of drug-likeness (QED) is 0.703. The fourth-order valence-electron chi connectivity index (χ4n) is 2.93. The largest absolute Gasteiger partial charge is 0.495 e. The molecule has 2 aliphatic rings. The van der Waals surface area contributed by atoms with Gasteiger partial charge in [0.15, 0.2) is 6.61 Å². The van der Waals surface area contributed by atoms with E-state index in [1.165, 1.54) is 19.2 Å². The van der Waals surface area contributed by atoms with Crippen LogP contribution in [-0.2, 0) is 14.8 Å². The molecular formula is C15H22ClN3O5S. The van der Waals surface area contributed by atoms with Gasteiger partial charge < -0.3 is 20.1 Å². The summed E-state index contributed by atoms with van der Waals surface area (Å²) in [5.74, 6) is 0.175. The van der Waals surface area contributed by atoms with Gasteiger partial charge >= 0.3 is 0 Å². The highest BCUT2D eigenvalue weighted by molar-refractivity contribution is 7.89. The zero-order chi connectivity index (χ0) is 17.3. The molecular weight excluding hydrogens is 370 g/mol.